The van der Waals surface area contributed by atoms with Crippen LogP contribution in [0.4, 0.5) is 5.69 Å². The molecule has 0 aliphatic carbocycles. The molecule has 1 aromatic heterocycles. The Morgan fingerprint density at radius 3 is 2.89 bits per heavy atom. The highest BCUT2D eigenvalue weighted by Crippen LogP contribution is 2.16. The van der Waals surface area contributed by atoms with E-state index in [1.54, 1.807) is 17.2 Å². The first-order chi connectivity index (χ1) is 9.10. The standard InChI is InChI=1S/C14H22N4O/c1-15-12-4-5-13(16-8-12)14(19)18(3)10-11-6-7-17(2)9-11/h4-5,8,11,15H,6-7,9-10H2,1-3H3. The van der Waals surface area contributed by atoms with Crippen molar-refractivity contribution in [1.82, 2.24) is 14.8 Å². The highest BCUT2D eigenvalue weighted by Gasteiger charge is 2.23. The molecule has 5 nitrogen and oxygen atoms in total. The van der Waals surface area contributed by atoms with E-state index in [0.29, 0.717) is 11.6 Å². The molecule has 1 atom stereocenters. The van der Waals surface area contributed by atoms with Crippen LogP contribution in [0, 0.1) is 5.92 Å². The Hall–Kier alpha value is -1.62. The van der Waals surface area contributed by atoms with Crippen LogP contribution in [0.2, 0.25) is 0 Å². The summed E-state index contributed by atoms with van der Waals surface area (Å²) >= 11 is 0. The average Bonchev–Trinajstić information content (AvgIpc) is 2.83. The lowest BCUT2D eigenvalue weighted by Crippen LogP contribution is -2.33. The summed E-state index contributed by atoms with van der Waals surface area (Å²) < 4.78 is 0. The van der Waals surface area contributed by atoms with Gasteiger partial charge in [-0.25, -0.2) is 4.98 Å². The van der Waals surface area contributed by atoms with Crippen LogP contribution < -0.4 is 5.32 Å². The number of amides is 1. The van der Waals surface area contributed by atoms with Crippen molar-refractivity contribution in [3.63, 3.8) is 0 Å². The van der Waals surface area contributed by atoms with Gasteiger partial charge in [0, 0.05) is 27.2 Å². The van der Waals surface area contributed by atoms with Crippen LogP contribution in [0.1, 0.15) is 16.9 Å². The van der Waals surface area contributed by atoms with Crippen LogP contribution in [0.25, 0.3) is 0 Å². The van der Waals surface area contributed by atoms with Gasteiger partial charge in [0.15, 0.2) is 0 Å². The molecular formula is C14H22N4O. The second-order valence-electron chi connectivity index (χ2n) is 5.28. The fourth-order valence-corrected chi connectivity index (χ4v) is 2.51. The highest BCUT2D eigenvalue weighted by atomic mass is 16.2. The number of pyridine rings is 1. The van der Waals surface area contributed by atoms with Crippen LogP contribution in [0.3, 0.4) is 0 Å². The zero-order valence-corrected chi connectivity index (χ0v) is 11.9. The molecule has 1 N–H and O–H groups in total. The molecule has 19 heavy (non-hydrogen) atoms. The topological polar surface area (TPSA) is 48.5 Å². The van der Waals surface area contributed by atoms with E-state index in [1.807, 2.05) is 20.2 Å². The molecule has 1 amide bonds. The second-order valence-corrected chi connectivity index (χ2v) is 5.28. The zero-order valence-electron chi connectivity index (χ0n) is 11.9. The number of carbonyl (C=O) groups excluding carboxylic acids is 1. The summed E-state index contributed by atoms with van der Waals surface area (Å²) in [5, 5.41) is 2.99. The minimum atomic E-state index is -0.00259. The number of anilines is 1. The third-order valence-corrected chi connectivity index (χ3v) is 3.64. The Labute approximate surface area is 114 Å². The fourth-order valence-electron chi connectivity index (χ4n) is 2.51. The quantitative estimate of drug-likeness (QED) is 0.884. The van der Waals surface area contributed by atoms with Gasteiger partial charge in [-0.15, -0.1) is 0 Å². The van der Waals surface area contributed by atoms with Gasteiger partial charge in [0.25, 0.3) is 5.91 Å². The molecule has 2 heterocycles. The van der Waals surface area contributed by atoms with Gasteiger partial charge in [-0.2, -0.15) is 0 Å². The van der Waals surface area contributed by atoms with Crippen molar-refractivity contribution in [2.24, 2.45) is 5.92 Å². The molecule has 0 radical (unpaired) electrons. The number of rotatable bonds is 4. The summed E-state index contributed by atoms with van der Waals surface area (Å²) in [5.74, 6) is 0.577. The number of nitrogens with one attached hydrogen (secondary N) is 1. The van der Waals surface area contributed by atoms with Crippen LogP contribution >= 0.6 is 0 Å². The molecule has 0 aromatic carbocycles. The third kappa shape index (κ3) is 3.44. The smallest absolute Gasteiger partial charge is 0.272 e. The largest absolute Gasteiger partial charge is 0.387 e. The molecule has 0 bridgehead atoms. The highest BCUT2D eigenvalue weighted by molar-refractivity contribution is 5.92. The van der Waals surface area contributed by atoms with Crippen LogP contribution in [0.5, 0.6) is 0 Å². The fraction of sp³-hybridized carbons (Fsp3) is 0.571. The Balaban J connectivity index is 1.94. The van der Waals surface area contributed by atoms with E-state index in [9.17, 15) is 4.79 Å². The van der Waals surface area contributed by atoms with E-state index in [-0.39, 0.29) is 5.91 Å². The van der Waals surface area contributed by atoms with E-state index in [2.05, 4.69) is 22.2 Å². The van der Waals surface area contributed by atoms with Crippen molar-refractivity contribution in [3.05, 3.63) is 24.0 Å². The monoisotopic (exact) mass is 262 g/mol. The van der Waals surface area contributed by atoms with Gasteiger partial charge in [-0.05, 0) is 38.1 Å². The summed E-state index contributed by atoms with van der Waals surface area (Å²) in [6.07, 6.45) is 2.85. The molecule has 1 unspecified atom stereocenters. The van der Waals surface area contributed by atoms with Crippen molar-refractivity contribution >= 4 is 11.6 Å². The molecule has 0 saturated carbocycles. The summed E-state index contributed by atoms with van der Waals surface area (Å²) in [7, 11) is 5.81. The Morgan fingerprint density at radius 1 is 1.58 bits per heavy atom. The number of hydrogen-bond donors (Lipinski definition) is 1. The van der Waals surface area contributed by atoms with Gasteiger partial charge < -0.3 is 15.1 Å². The molecule has 2 rings (SSSR count). The van der Waals surface area contributed by atoms with Crippen molar-refractivity contribution in [2.45, 2.75) is 6.42 Å². The maximum Gasteiger partial charge on any atom is 0.272 e. The lowest BCUT2D eigenvalue weighted by Gasteiger charge is -2.21. The van der Waals surface area contributed by atoms with Gasteiger partial charge in [-0.1, -0.05) is 0 Å². The maximum atomic E-state index is 12.2. The van der Waals surface area contributed by atoms with E-state index < -0.39 is 0 Å². The lowest BCUT2D eigenvalue weighted by atomic mass is 10.1. The van der Waals surface area contributed by atoms with Crippen molar-refractivity contribution < 1.29 is 4.79 Å². The minimum Gasteiger partial charge on any atom is -0.387 e. The third-order valence-electron chi connectivity index (χ3n) is 3.64. The molecule has 104 valence electrons. The van der Waals surface area contributed by atoms with Gasteiger partial charge in [0.1, 0.15) is 5.69 Å². The van der Waals surface area contributed by atoms with E-state index in [0.717, 1.165) is 25.3 Å². The van der Waals surface area contributed by atoms with Gasteiger partial charge in [-0.3, -0.25) is 4.79 Å². The Morgan fingerprint density at radius 2 is 2.37 bits per heavy atom. The molecule has 0 spiro atoms. The van der Waals surface area contributed by atoms with Crippen molar-refractivity contribution in [1.29, 1.82) is 0 Å². The van der Waals surface area contributed by atoms with E-state index in [4.69, 9.17) is 0 Å². The number of likely N-dealkylation sites (tertiary alicyclic amines) is 1. The predicted molar refractivity (Wildman–Crippen MR) is 76.3 cm³/mol. The molecule has 1 fully saturated rings. The number of carbonyl (C=O) groups is 1. The summed E-state index contributed by atoms with van der Waals surface area (Å²) in [5.41, 5.74) is 1.42. The first-order valence-electron chi connectivity index (χ1n) is 6.68. The Bertz CT molecular complexity index is 432. The zero-order chi connectivity index (χ0) is 13.8. The van der Waals surface area contributed by atoms with Crippen LogP contribution in [-0.2, 0) is 0 Å². The normalized spacial score (nSPS) is 19.4. The van der Waals surface area contributed by atoms with Gasteiger partial charge in [0.05, 0.1) is 11.9 Å². The minimum absolute atomic E-state index is 0.00259. The van der Waals surface area contributed by atoms with Crippen LogP contribution in [-0.4, -0.2) is 61.5 Å². The molecule has 1 aromatic rings. The average molecular weight is 262 g/mol. The number of nitrogens with zero attached hydrogens (tertiary/aromatic N) is 3. The molecule has 1 aliphatic heterocycles. The first kappa shape index (κ1) is 13.8. The van der Waals surface area contributed by atoms with E-state index in [1.165, 1.54) is 6.42 Å². The van der Waals surface area contributed by atoms with Crippen molar-refractivity contribution in [2.75, 3.05) is 46.1 Å². The second kappa shape index (κ2) is 6.02. The first-order valence-corrected chi connectivity index (χ1v) is 6.68. The lowest BCUT2D eigenvalue weighted by molar-refractivity contribution is 0.0768. The molecule has 5 heteroatoms. The predicted octanol–water partition coefficient (Wildman–Crippen LogP) is 1.15. The molecule has 1 saturated heterocycles. The number of aromatic nitrogens is 1. The summed E-state index contributed by atoms with van der Waals surface area (Å²) in [4.78, 5) is 20.5. The summed E-state index contributed by atoms with van der Waals surface area (Å²) in [6, 6.07) is 3.64. The summed E-state index contributed by atoms with van der Waals surface area (Å²) in [6.45, 7) is 3.00. The maximum absolute atomic E-state index is 12.2. The number of hydrogen-bond acceptors (Lipinski definition) is 4. The molecular weight excluding hydrogens is 240 g/mol. The van der Waals surface area contributed by atoms with Crippen LogP contribution in [0.15, 0.2) is 18.3 Å². The Kier molecular flexibility index (Phi) is 4.37. The van der Waals surface area contributed by atoms with Gasteiger partial charge >= 0.3 is 0 Å². The van der Waals surface area contributed by atoms with Crippen molar-refractivity contribution in [3.8, 4) is 0 Å². The van der Waals surface area contributed by atoms with Gasteiger partial charge in [0.2, 0.25) is 0 Å². The molecule has 1 aliphatic rings. The SMILES string of the molecule is CNc1ccc(C(=O)N(C)CC2CCN(C)C2)nc1. The van der Waals surface area contributed by atoms with E-state index >= 15 is 0 Å².